The van der Waals surface area contributed by atoms with Gasteiger partial charge in [-0.3, -0.25) is 14.4 Å². The van der Waals surface area contributed by atoms with Gasteiger partial charge in [0.2, 0.25) is 11.8 Å². The van der Waals surface area contributed by atoms with E-state index in [2.05, 4.69) is 10.6 Å². The Bertz CT molecular complexity index is 1400. The smallest absolute Gasteiger partial charge is 0.228 e. The highest BCUT2D eigenvalue weighted by molar-refractivity contribution is 5.96. The van der Waals surface area contributed by atoms with Gasteiger partial charge in [-0.25, -0.2) is 0 Å². The number of anilines is 3. The number of nitrogen functional groups attached to an aromatic ring is 1. The number of para-hydroxylation sites is 3. The quantitative estimate of drug-likeness (QED) is 0.186. The average Bonchev–Trinajstić information content (AvgIpc) is 2.93. The molecule has 0 saturated carbocycles. The van der Waals surface area contributed by atoms with E-state index in [0.29, 0.717) is 29.9 Å². The molecule has 39 heavy (non-hydrogen) atoms. The Hall–Kier alpha value is -4.97. The summed E-state index contributed by atoms with van der Waals surface area (Å²) in [6, 6.07) is 33.8. The molecule has 0 aromatic heterocycles. The normalized spacial score (nSPS) is 10.3. The van der Waals surface area contributed by atoms with Crippen LogP contribution in [0.4, 0.5) is 17.1 Å². The number of nitrogens with one attached hydrogen (secondary N) is 2. The lowest BCUT2D eigenvalue weighted by Crippen LogP contribution is -2.16. The Kier molecular flexibility index (Phi) is 11.2. The van der Waals surface area contributed by atoms with Gasteiger partial charge in [-0.2, -0.15) is 0 Å². The first-order valence-corrected chi connectivity index (χ1v) is 12.7. The molecule has 0 saturated heterocycles. The van der Waals surface area contributed by atoms with Gasteiger partial charge in [0, 0.05) is 12.1 Å². The summed E-state index contributed by atoms with van der Waals surface area (Å²) in [4.78, 5) is 35.6. The largest absolute Gasteiger partial charge is 0.397 e. The SMILES string of the molecule is C/C=C/C(=O)Cc1ccccc1NC(=O)Cc1ccccc1.Nc1ccccc1NC(=O)Cc1ccccc1. The van der Waals surface area contributed by atoms with Crippen molar-refractivity contribution < 1.29 is 14.4 Å². The third-order valence-electron chi connectivity index (χ3n) is 5.66. The number of ketones is 1. The molecule has 0 radical (unpaired) electrons. The van der Waals surface area contributed by atoms with Crippen LogP contribution in [0.3, 0.4) is 0 Å². The van der Waals surface area contributed by atoms with E-state index in [1.54, 1.807) is 24.3 Å². The molecule has 0 aliphatic carbocycles. The van der Waals surface area contributed by atoms with Crippen molar-refractivity contribution >= 4 is 34.7 Å². The summed E-state index contributed by atoms with van der Waals surface area (Å²) in [5, 5.41) is 5.69. The second kappa shape index (κ2) is 15.3. The van der Waals surface area contributed by atoms with E-state index >= 15 is 0 Å². The molecule has 0 atom stereocenters. The third-order valence-corrected chi connectivity index (χ3v) is 5.66. The monoisotopic (exact) mass is 519 g/mol. The number of amides is 2. The molecular weight excluding hydrogens is 486 g/mol. The third kappa shape index (κ3) is 10.1. The van der Waals surface area contributed by atoms with E-state index in [1.165, 1.54) is 0 Å². The van der Waals surface area contributed by atoms with Crippen LogP contribution in [0.5, 0.6) is 0 Å². The van der Waals surface area contributed by atoms with Gasteiger partial charge < -0.3 is 16.4 Å². The van der Waals surface area contributed by atoms with Crippen molar-refractivity contribution in [3.63, 3.8) is 0 Å². The zero-order valence-electron chi connectivity index (χ0n) is 22.0. The van der Waals surface area contributed by atoms with Crippen LogP contribution in [0.15, 0.2) is 121 Å². The maximum Gasteiger partial charge on any atom is 0.228 e. The maximum absolute atomic E-state index is 12.1. The van der Waals surface area contributed by atoms with Gasteiger partial charge in [0.15, 0.2) is 5.78 Å². The van der Waals surface area contributed by atoms with Gasteiger partial charge in [-0.05, 0) is 47.9 Å². The lowest BCUT2D eigenvalue weighted by molar-refractivity contribution is -0.116. The standard InChI is InChI=1S/C19H19NO2.C14H14N2O/c1-2-8-17(21)14-16-11-6-7-12-18(16)20-19(22)13-15-9-4-3-5-10-15;15-12-8-4-5-9-13(12)16-14(17)10-11-6-2-1-3-7-11/h2-12H,13-14H2,1H3,(H,20,22);1-9H,10,15H2,(H,16,17)/b8-2+;. The van der Waals surface area contributed by atoms with E-state index in [-0.39, 0.29) is 24.0 Å². The summed E-state index contributed by atoms with van der Waals surface area (Å²) in [5.41, 5.74) is 10.5. The number of rotatable bonds is 9. The van der Waals surface area contributed by atoms with Crippen LogP contribution in [0.25, 0.3) is 0 Å². The zero-order valence-corrected chi connectivity index (χ0v) is 22.0. The van der Waals surface area contributed by atoms with E-state index in [0.717, 1.165) is 16.7 Å². The first-order valence-electron chi connectivity index (χ1n) is 12.7. The Morgan fingerprint density at radius 3 is 1.62 bits per heavy atom. The van der Waals surface area contributed by atoms with Crippen LogP contribution in [-0.2, 0) is 33.6 Å². The van der Waals surface area contributed by atoms with Crippen molar-refractivity contribution in [1.29, 1.82) is 0 Å². The molecule has 2 amide bonds. The molecular formula is C33H33N3O3. The van der Waals surface area contributed by atoms with Gasteiger partial charge in [0.1, 0.15) is 0 Å². The van der Waals surface area contributed by atoms with Crippen LogP contribution < -0.4 is 16.4 Å². The Morgan fingerprint density at radius 2 is 1.08 bits per heavy atom. The van der Waals surface area contributed by atoms with Gasteiger partial charge >= 0.3 is 0 Å². The number of hydrogen-bond donors (Lipinski definition) is 3. The molecule has 0 unspecified atom stereocenters. The number of hydrogen-bond acceptors (Lipinski definition) is 4. The minimum Gasteiger partial charge on any atom is -0.397 e. The lowest BCUT2D eigenvalue weighted by atomic mass is 10.1. The second-order valence-corrected chi connectivity index (χ2v) is 8.81. The number of carbonyl (C=O) groups excluding carboxylic acids is 3. The molecule has 198 valence electrons. The Labute approximate surface area is 229 Å². The summed E-state index contributed by atoms with van der Waals surface area (Å²) < 4.78 is 0. The molecule has 6 nitrogen and oxygen atoms in total. The number of benzene rings is 4. The zero-order chi connectivity index (χ0) is 27.9. The Balaban J connectivity index is 0.000000223. The topological polar surface area (TPSA) is 101 Å². The number of allylic oxidation sites excluding steroid dienone is 2. The molecule has 0 heterocycles. The lowest BCUT2D eigenvalue weighted by Gasteiger charge is -2.10. The summed E-state index contributed by atoms with van der Waals surface area (Å²) in [5.74, 6) is -0.126. The Morgan fingerprint density at radius 1 is 0.615 bits per heavy atom. The van der Waals surface area contributed by atoms with Crippen LogP contribution in [0.2, 0.25) is 0 Å². The van der Waals surface area contributed by atoms with Crippen LogP contribution in [0, 0.1) is 0 Å². The predicted octanol–water partition coefficient (Wildman–Crippen LogP) is 6.01. The van der Waals surface area contributed by atoms with E-state index < -0.39 is 0 Å². The number of carbonyl (C=O) groups is 3. The maximum atomic E-state index is 12.1. The van der Waals surface area contributed by atoms with Gasteiger partial charge in [-0.1, -0.05) is 97.1 Å². The highest BCUT2D eigenvalue weighted by atomic mass is 16.2. The average molecular weight is 520 g/mol. The first-order chi connectivity index (χ1) is 18.9. The van der Waals surface area contributed by atoms with Crippen molar-refractivity contribution in [3.05, 3.63) is 138 Å². The molecule has 0 aliphatic rings. The predicted molar refractivity (Wildman–Crippen MR) is 158 cm³/mol. The molecule has 4 N–H and O–H groups in total. The fourth-order valence-electron chi connectivity index (χ4n) is 3.79. The minimum absolute atomic E-state index is 0.0206. The molecule has 4 aromatic carbocycles. The second-order valence-electron chi connectivity index (χ2n) is 8.81. The van der Waals surface area contributed by atoms with E-state index in [4.69, 9.17) is 5.73 Å². The molecule has 0 spiro atoms. The summed E-state index contributed by atoms with van der Waals surface area (Å²) in [6.07, 6.45) is 4.22. The first kappa shape index (κ1) is 28.6. The fraction of sp³-hybridized carbons (Fsp3) is 0.121. The molecule has 4 rings (SSSR count). The molecule has 6 heteroatoms. The molecule has 4 aromatic rings. The number of nitrogens with two attached hydrogens (primary N) is 1. The van der Waals surface area contributed by atoms with Crippen molar-refractivity contribution in [2.75, 3.05) is 16.4 Å². The molecule has 0 bridgehead atoms. The summed E-state index contributed by atoms with van der Waals surface area (Å²) in [7, 11) is 0. The van der Waals surface area contributed by atoms with Crippen LogP contribution in [-0.4, -0.2) is 17.6 Å². The van der Waals surface area contributed by atoms with Crippen LogP contribution in [0.1, 0.15) is 23.6 Å². The fourth-order valence-corrected chi connectivity index (χ4v) is 3.79. The molecule has 0 aliphatic heterocycles. The van der Waals surface area contributed by atoms with Crippen molar-refractivity contribution in [3.8, 4) is 0 Å². The minimum atomic E-state index is -0.0860. The van der Waals surface area contributed by atoms with E-state index in [9.17, 15) is 14.4 Å². The molecule has 0 fully saturated rings. The summed E-state index contributed by atoms with van der Waals surface area (Å²) in [6.45, 7) is 1.81. The van der Waals surface area contributed by atoms with Gasteiger partial charge in [0.25, 0.3) is 0 Å². The van der Waals surface area contributed by atoms with Crippen molar-refractivity contribution in [2.24, 2.45) is 0 Å². The van der Waals surface area contributed by atoms with Crippen molar-refractivity contribution in [1.82, 2.24) is 0 Å². The summed E-state index contributed by atoms with van der Waals surface area (Å²) >= 11 is 0. The van der Waals surface area contributed by atoms with Gasteiger partial charge in [0.05, 0.1) is 24.2 Å². The van der Waals surface area contributed by atoms with Crippen molar-refractivity contribution in [2.45, 2.75) is 26.2 Å². The van der Waals surface area contributed by atoms with Gasteiger partial charge in [-0.15, -0.1) is 0 Å². The highest BCUT2D eigenvalue weighted by Crippen LogP contribution is 2.18. The van der Waals surface area contributed by atoms with Crippen LogP contribution >= 0.6 is 0 Å². The highest BCUT2D eigenvalue weighted by Gasteiger charge is 2.09. The van der Waals surface area contributed by atoms with E-state index in [1.807, 2.05) is 104 Å².